The van der Waals surface area contributed by atoms with Crippen molar-refractivity contribution in [3.8, 4) is 78.3 Å². The van der Waals surface area contributed by atoms with E-state index in [0.717, 1.165) is 42.5 Å². The summed E-state index contributed by atoms with van der Waals surface area (Å²) >= 11 is 0. The van der Waals surface area contributed by atoms with Gasteiger partial charge in [0.05, 0.1) is 10.8 Å². The van der Waals surface area contributed by atoms with Crippen molar-refractivity contribution in [2.24, 2.45) is 28.2 Å². The first-order chi connectivity index (χ1) is 48.9. The molecule has 0 N–H and O–H groups in total. The molecule has 482 valence electrons. The molecule has 4 aliphatic carbocycles. The van der Waals surface area contributed by atoms with Crippen molar-refractivity contribution in [3.63, 3.8) is 0 Å². The van der Waals surface area contributed by atoms with Gasteiger partial charge in [0.15, 0.2) is 24.8 Å². The molecule has 0 radical (unpaired) electrons. The Morgan fingerprint density at radius 1 is 0.327 bits per heavy atom. The Bertz CT molecular complexity index is 5770. The molecule has 0 atom stereocenters. The molecule has 14 aromatic rings. The molecule has 4 nitrogen and oxygen atoms in total. The van der Waals surface area contributed by atoms with Crippen LogP contribution < -0.4 is 18.3 Å². The number of nitrogens with zero attached hydrogens (tertiary/aromatic N) is 4. The average Bonchev–Trinajstić information content (AvgIpc) is 0.972. The molecule has 4 aliphatic rings. The van der Waals surface area contributed by atoms with Crippen molar-refractivity contribution in [2.75, 3.05) is 0 Å². The van der Waals surface area contributed by atoms with Gasteiger partial charge in [-0.25, -0.2) is 18.3 Å². The van der Waals surface area contributed by atoms with Crippen LogP contribution in [-0.2, 0) is 53.9 Å². The van der Waals surface area contributed by atoms with Crippen LogP contribution in [0, 0.1) is 41.5 Å². The third-order valence-electron chi connectivity index (χ3n) is 21.9. The summed E-state index contributed by atoms with van der Waals surface area (Å²) in [5.74, 6) is -0.0881. The number of hydrogen-bond donors (Lipinski definition) is 0. The standard InChI is InChI=1S/C29H26N.C23H24N.2C21H20N/c1-17(2)20-14-27-23-12-8-7-11-22(23)26-15-25-21-10-6-5-9-19(21)13-24(25)18(3)28(26)29(27)30(4)16-20;1-15(2)17-11-12-24(4)23(14-17)19-9-10-21-20-8-6-5-7-18(20)13-22(21)16(19)3;1-14-8-11-21(22(3)13-14)17-9-10-19-18-7-5-4-6-16(18)12-20(19)15(17)2;1-14-10-11-22(3)21(12-14)17-8-9-19-18-7-5-4-6-16(18)13-20(19)15(17)2/h5-12,14-17H,13H2,1-4H3;5-12,14-15H,13H2,1-4H3;4-11,13H,12H2,1-3H3;4-12H,13H2,1-3H3/q4*+1/i;15D;1D3;. The Morgan fingerprint density at radius 2 is 0.755 bits per heavy atom. The average molecular weight is 1280 g/mol. The predicted octanol–water partition coefficient (Wildman–Crippen LogP) is 20.9. The largest absolute Gasteiger partial charge is 0.221 e. The zero-order valence-corrected chi connectivity index (χ0v) is 59.1. The number of aromatic nitrogens is 4. The predicted molar refractivity (Wildman–Crippen MR) is 409 cm³/mol. The summed E-state index contributed by atoms with van der Waals surface area (Å²) in [4.78, 5) is 0. The normalized spacial score (nSPS) is 13.2. The maximum Gasteiger partial charge on any atom is 0.221 e. The Kier molecular flexibility index (Phi) is 15.3. The molecular formula is C94H90N4+4. The molecule has 0 saturated carbocycles. The van der Waals surface area contributed by atoms with E-state index in [1.54, 1.807) is 12.3 Å². The molecular weight excluding hydrogens is 1190 g/mol. The third-order valence-corrected chi connectivity index (χ3v) is 21.9. The molecule has 0 bridgehead atoms. The minimum Gasteiger partial charge on any atom is -0.201 e. The van der Waals surface area contributed by atoms with Gasteiger partial charge < -0.3 is 0 Å². The van der Waals surface area contributed by atoms with Crippen LogP contribution in [0.5, 0.6) is 0 Å². The van der Waals surface area contributed by atoms with Crippen LogP contribution in [-0.4, -0.2) is 0 Å². The highest BCUT2D eigenvalue weighted by atomic mass is 14.9. The molecule has 18 rings (SSSR count). The number of pyridine rings is 4. The van der Waals surface area contributed by atoms with E-state index in [0.29, 0.717) is 11.5 Å². The first-order valence-corrected chi connectivity index (χ1v) is 34.9. The lowest BCUT2D eigenvalue weighted by molar-refractivity contribution is -0.660. The second kappa shape index (κ2) is 25.5. The number of fused-ring (bicyclic) bond motifs is 18. The molecule has 0 spiro atoms. The molecule has 0 saturated heterocycles. The SMILES string of the molecule is Cc1c2c(cc3c4ccccc4c4cc(C(C)C)c[n+](C)c4c13)-c1ccccc1C2.Cc1cc[n+](C)c(-c2ccc3c(c2C)Cc2ccccc2-3)c1.[2H]C(C)(C)c1cc[n+](C)c(-c2ccc3c(c2C)Cc2ccccc2-3)c1.[2H]C([2H])([2H])c1ccc(-c2ccc3c(c2C)Cc2ccccc2-3)[n+](C)c1. The van der Waals surface area contributed by atoms with E-state index < -0.39 is 12.7 Å². The van der Waals surface area contributed by atoms with E-state index in [1.165, 1.54) is 177 Å². The lowest BCUT2D eigenvalue weighted by Crippen LogP contribution is -2.31. The number of benzene rings is 10. The second-order valence-electron chi connectivity index (χ2n) is 28.5. The molecule has 0 amide bonds. The molecule has 98 heavy (non-hydrogen) atoms. The number of aryl methyl sites for hydroxylation is 7. The van der Waals surface area contributed by atoms with Crippen molar-refractivity contribution in [3.05, 3.63) is 320 Å². The Hall–Kier alpha value is -10.4. The van der Waals surface area contributed by atoms with Crippen LogP contribution in [0.4, 0.5) is 0 Å². The van der Waals surface area contributed by atoms with Crippen LogP contribution in [0.1, 0.15) is 134 Å². The fourth-order valence-corrected chi connectivity index (χ4v) is 16.4. The fourth-order valence-electron chi connectivity index (χ4n) is 16.4. The fraction of sp³-hybridized carbons (Fsp3) is 0.213. The summed E-state index contributed by atoms with van der Waals surface area (Å²) < 4.78 is 39.8. The van der Waals surface area contributed by atoms with Crippen LogP contribution in [0.2, 0.25) is 0 Å². The van der Waals surface area contributed by atoms with Gasteiger partial charge >= 0.3 is 0 Å². The summed E-state index contributed by atoms with van der Waals surface area (Å²) in [5, 5.41) is 6.86. The van der Waals surface area contributed by atoms with Crippen molar-refractivity contribution >= 4 is 32.4 Å². The van der Waals surface area contributed by atoms with Gasteiger partial charge in [0.1, 0.15) is 28.2 Å². The second-order valence-corrected chi connectivity index (χ2v) is 28.5. The highest BCUT2D eigenvalue weighted by Gasteiger charge is 2.30. The number of hydrogen-bond acceptors (Lipinski definition) is 0. The van der Waals surface area contributed by atoms with E-state index in [9.17, 15) is 0 Å². The highest BCUT2D eigenvalue weighted by Crippen LogP contribution is 2.47. The maximum absolute atomic E-state index is 8.36. The maximum atomic E-state index is 8.36. The van der Waals surface area contributed by atoms with E-state index in [4.69, 9.17) is 5.48 Å². The molecule has 4 heterocycles. The monoisotopic (exact) mass is 1280 g/mol. The zero-order valence-electron chi connectivity index (χ0n) is 63.1. The first kappa shape index (κ1) is 58.9. The Balaban J connectivity index is 0.000000111. The van der Waals surface area contributed by atoms with Crippen LogP contribution in [0.15, 0.2) is 231 Å². The van der Waals surface area contributed by atoms with Crippen LogP contribution in [0.3, 0.4) is 0 Å². The van der Waals surface area contributed by atoms with E-state index >= 15 is 0 Å². The van der Waals surface area contributed by atoms with E-state index in [1.807, 2.05) is 31.5 Å². The third kappa shape index (κ3) is 11.1. The van der Waals surface area contributed by atoms with Gasteiger partial charge in [-0.05, 0) is 254 Å². The topological polar surface area (TPSA) is 15.5 Å². The zero-order chi connectivity index (χ0) is 71.4. The van der Waals surface area contributed by atoms with Crippen molar-refractivity contribution in [1.82, 2.24) is 0 Å². The van der Waals surface area contributed by atoms with Gasteiger partial charge in [0, 0.05) is 63.6 Å². The Labute approximate surface area is 586 Å². The minimum atomic E-state index is -2.08. The summed E-state index contributed by atoms with van der Waals surface area (Å²) in [6.45, 7) is 17.5. The molecule has 0 fully saturated rings. The van der Waals surface area contributed by atoms with E-state index in [-0.39, 0.29) is 0 Å². The van der Waals surface area contributed by atoms with Gasteiger partial charge in [-0.3, -0.25) is 0 Å². The lowest BCUT2D eigenvalue weighted by atomic mass is 9.88. The lowest BCUT2D eigenvalue weighted by Gasteiger charge is -2.15. The number of rotatable bonds is 5. The molecule has 10 aromatic carbocycles. The highest BCUT2D eigenvalue weighted by molar-refractivity contribution is 6.25. The van der Waals surface area contributed by atoms with Gasteiger partial charge in [-0.15, -0.1) is 0 Å². The molecule has 0 aliphatic heterocycles. The summed E-state index contributed by atoms with van der Waals surface area (Å²) in [7, 11) is 8.32. The van der Waals surface area contributed by atoms with E-state index in [2.05, 4.69) is 296 Å². The van der Waals surface area contributed by atoms with Crippen molar-refractivity contribution < 1.29 is 23.8 Å². The quantitative estimate of drug-likeness (QED) is 0.121. The van der Waals surface area contributed by atoms with Gasteiger partial charge in [0.25, 0.3) is 0 Å². The summed E-state index contributed by atoms with van der Waals surface area (Å²) in [6, 6.07) is 74.5. The van der Waals surface area contributed by atoms with Gasteiger partial charge in [-0.2, -0.15) is 0 Å². The molecule has 4 heteroatoms. The molecule has 0 unspecified atom stereocenters. The van der Waals surface area contributed by atoms with Gasteiger partial charge in [0.2, 0.25) is 22.6 Å². The summed E-state index contributed by atoms with van der Waals surface area (Å²) in [5.41, 5.74) is 40.7. The molecule has 4 aromatic heterocycles. The van der Waals surface area contributed by atoms with Crippen molar-refractivity contribution in [2.45, 2.75) is 107 Å². The van der Waals surface area contributed by atoms with Crippen LogP contribution >= 0.6 is 0 Å². The minimum absolute atomic E-state index is 0.366. The first-order valence-electron chi connectivity index (χ1n) is 36.9. The van der Waals surface area contributed by atoms with Crippen molar-refractivity contribution in [1.29, 1.82) is 0 Å². The van der Waals surface area contributed by atoms with Gasteiger partial charge in [-0.1, -0.05) is 167 Å². The van der Waals surface area contributed by atoms with Crippen LogP contribution in [0.25, 0.3) is 111 Å². The Morgan fingerprint density at radius 3 is 1.23 bits per heavy atom. The summed E-state index contributed by atoms with van der Waals surface area (Å²) in [6.07, 6.45) is 12.3. The smallest absolute Gasteiger partial charge is 0.201 e.